The van der Waals surface area contributed by atoms with Gasteiger partial charge in [-0.1, -0.05) is 12.1 Å². The van der Waals surface area contributed by atoms with Crippen LogP contribution in [0.1, 0.15) is 10.9 Å². The SMILES string of the molecule is N#CC(Nc1ccccc1Br)c1cc(Br)c(Br)s1. The van der Waals surface area contributed by atoms with E-state index in [4.69, 9.17) is 0 Å². The molecule has 0 amide bonds. The van der Waals surface area contributed by atoms with Crippen LogP contribution in [-0.4, -0.2) is 0 Å². The topological polar surface area (TPSA) is 35.8 Å². The third-order valence-corrected chi connectivity index (χ3v) is 6.26. The molecule has 2 rings (SSSR count). The van der Waals surface area contributed by atoms with Gasteiger partial charge in [-0.2, -0.15) is 5.26 Å². The summed E-state index contributed by atoms with van der Waals surface area (Å²) in [6, 6.07) is 11.6. The first-order valence-electron chi connectivity index (χ1n) is 4.97. The van der Waals surface area contributed by atoms with Crippen molar-refractivity contribution in [1.29, 1.82) is 5.26 Å². The lowest BCUT2D eigenvalue weighted by atomic mass is 10.2. The highest BCUT2D eigenvalue weighted by molar-refractivity contribution is 9.13. The second-order valence-electron chi connectivity index (χ2n) is 3.46. The number of para-hydroxylation sites is 1. The fraction of sp³-hybridized carbons (Fsp3) is 0.0833. The Morgan fingerprint density at radius 3 is 2.44 bits per heavy atom. The van der Waals surface area contributed by atoms with Gasteiger partial charge in [0.25, 0.3) is 0 Å². The van der Waals surface area contributed by atoms with Crippen molar-refractivity contribution in [1.82, 2.24) is 0 Å². The molecule has 18 heavy (non-hydrogen) atoms. The quantitative estimate of drug-likeness (QED) is 0.649. The number of hydrogen-bond donors (Lipinski definition) is 1. The third-order valence-electron chi connectivity index (χ3n) is 2.25. The molecule has 1 N–H and O–H groups in total. The minimum Gasteiger partial charge on any atom is -0.365 e. The molecule has 0 saturated heterocycles. The van der Waals surface area contributed by atoms with Crippen LogP contribution >= 0.6 is 59.1 Å². The van der Waals surface area contributed by atoms with Crippen LogP contribution in [0.3, 0.4) is 0 Å². The fourth-order valence-electron chi connectivity index (χ4n) is 1.41. The molecular weight excluding hydrogens is 444 g/mol. The number of thiophene rings is 1. The van der Waals surface area contributed by atoms with Crippen molar-refractivity contribution >= 4 is 64.8 Å². The molecule has 2 aromatic rings. The van der Waals surface area contributed by atoms with Gasteiger partial charge in [0.15, 0.2) is 0 Å². The second kappa shape index (κ2) is 6.20. The highest BCUT2D eigenvalue weighted by atomic mass is 79.9. The first-order valence-corrected chi connectivity index (χ1v) is 8.17. The maximum absolute atomic E-state index is 9.28. The summed E-state index contributed by atoms with van der Waals surface area (Å²) in [5.74, 6) is 0. The monoisotopic (exact) mass is 448 g/mol. The van der Waals surface area contributed by atoms with Crippen molar-refractivity contribution in [2.75, 3.05) is 5.32 Å². The van der Waals surface area contributed by atoms with Crippen LogP contribution in [0.15, 0.2) is 43.1 Å². The molecule has 0 radical (unpaired) electrons. The Labute approximate surface area is 134 Å². The summed E-state index contributed by atoms with van der Waals surface area (Å²) in [6.07, 6.45) is 0. The molecule has 1 atom stereocenters. The number of benzene rings is 1. The van der Waals surface area contributed by atoms with E-state index in [0.29, 0.717) is 0 Å². The van der Waals surface area contributed by atoms with Gasteiger partial charge < -0.3 is 5.32 Å². The van der Waals surface area contributed by atoms with E-state index in [9.17, 15) is 5.26 Å². The zero-order chi connectivity index (χ0) is 13.1. The largest absolute Gasteiger partial charge is 0.365 e. The highest BCUT2D eigenvalue weighted by Crippen LogP contribution is 2.37. The average molecular weight is 451 g/mol. The molecule has 0 aliphatic rings. The molecule has 0 saturated carbocycles. The van der Waals surface area contributed by atoms with E-state index in [2.05, 4.69) is 59.2 Å². The molecule has 6 heteroatoms. The summed E-state index contributed by atoms with van der Waals surface area (Å²) in [5, 5.41) is 12.5. The lowest BCUT2D eigenvalue weighted by Crippen LogP contribution is -2.07. The van der Waals surface area contributed by atoms with Crippen molar-refractivity contribution in [2.24, 2.45) is 0 Å². The molecule has 1 heterocycles. The first kappa shape index (κ1) is 14.1. The molecule has 0 bridgehead atoms. The molecule has 1 aromatic heterocycles. The molecule has 0 aliphatic carbocycles. The Hall–Kier alpha value is -0.350. The minimum atomic E-state index is -0.365. The summed E-state index contributed by atoms with van der Waals surface area (Å²) in [5.41, 5.74) is 0.907. The van der Waals surface area contributed by atoms with Gasteiger partial charge in [-0.15, -0.1) is 11.3 Å². The molecule has 0 fully saturated rings. The molecule has 1 unspecified atom stereocenters. The second-order valence-corrected chi connectivity index (χ2v) is 7.57. The molecule has 1 aromatic carbocycles. The smallest absolute Gasteiger partial charge is 0.149 e. The Bertz CT molecular complexity index is 584. The van der Waals surface area contributed by atoms with Crippen LogP contribution in [0.2, 0.25) is 0 Å². The van der Waals surface area contributed by atoms with Gasteiger partial charge in [0.2, 0.25) is 0 Å². The van der Waals surface area contributed by atoms with Crippen LogP contribution in [0.25, 0.3) is 0 Å². The summed E-state index contributed by atoms with van der Waals surface area (Å²) in [6.45, 7) is 0. The van der Waals surface area contributed by atoms with E-state index >= 15 is 0 Å². The summed E-state index contributed by atoms with van der Waals surface area (Å²) in [4.78, 5) is 0.965. The molecule has 0 aliphatic heterocycles. The van der Waals surface area contributed by atoms with Gasteiger partial charge in [0.1, 0.15) is 6.04 Å². The Morgan fingerprint density at radius 2 is 1.89 bits per heavy atom. The van der Waals surface area contributed by atoms with Gasteiger partial charge in [-0.3, -0.25) is 0 Å². The Balaban J connectivity index is 2.26. The van der Waals surface area contributed by atoms with Crippen LogP contribution in [0.4, 0.5) is 5.69 Å². The highest BCUT2D eigenvalue weighted by Gasteiger charge is 2.16. The number of nitrogens with one attached hydrogen (secondary N) is 1. The van der Waals surface area contributed by atoms with Gasteiger partial charge in [0, 0.05) is 19.5 Å². The van der Waals surface area contributed by atoms with Crippen molar-refractivity contribution in [3.63, 3.8) is 0 Å². The van der Waals surface area contributed by atoms with Crippen molar-refractivity contribution in [2.45, 2.75) is 6.04 Å². The van der Waals surface area contributed by atoms with E-state index in [1.807, 2.05) is 30.3 Å². The van der Waals surface area contributed by atoms with E-state index in [1.165, 1.54) is 0 Å². The maximum atomic E-state index is 9.28. The molecule has 2 nitrogen and oxygen atoms in total. The predicted octanol–water partition coefficient (Wildman–Crippen LogP) is 5.71. The van der Waals surface area contributed by atoms with Gasteiger partial charge >= 0.3 is 0 Å². The lowest BCUT2D eigenvalue weighted by Gasteiger charge is -2.12. The number of hydrogen-bond acceptors (Lipinski definition) is 3. The van der Waals surface area contributed by atoms with Crippen LogP contribution in [0, 0.1) is 11.3 Å². The third kappa shape index (κ3) is 3.15. The normalized spacial score (nSPS) is 11.9. The van der Waals surface area contributed by atoms with E-state index in [1.54, 1.807) is 11.3 Å². The number of halogens is 3. The minimum absolute atomic E-state index is 0.365. The van der Waals surface area contributed by atoms with Crippen molar-refractivity contribution in [3.05, 3.63) is 47.9 Å². The van der Waals surface area contributed by atoms with Crippen LogP contribution in [-0.2, 0) is 0 Å². The Kier molecular flexibility index (Phi) is 4.84. The van der Waals surface area contributed by atoms with Crippen molar-refractivity contribution in [3.8, 4) is 6.07 Å². The number of nitriles is 1. The molecular formula is C12H7Br3N2S. The van der Waals surface area contributed by atoms with E-state index in [-0.39, 0.29) is 6.04 Å². The number of rotatable bonds is 3. The number of anilines is 1. The van der Waals surface area contributed by atoms with Crippen LogP contribution < -0.4 is 5.32 Å². The summed E-state index contributed by atoms with van der Waals surface area (Å²) < 4.78 is 2.91. The molecule has 92 valence electrons. The number of nitrogens with zero attached hydrogens (tertiary/aromatic N) is 1. The van der Waals surface area contributed by atoms with Crippen molar-refractivity contribution < 1.29 is 0 Å². The zero-order valence-corrected chi connectivity index (χ0v) is 14.5. The maximum Gasteiger partial charge on any atom is 0.149 e. The van der Waals surface area contributed by atoms with Crippen LogP contribution in [0.5, 0.6) is 0 Å². The van der Waals surface area contributed by atoms with Gasteiger partial charge in [0.05, 0.1) is 9.86 Å². The van der Waals surface area contributed by atoms with E-state index in [0.717, 1.165) is 23.3 Å². The average Bonchev–Trinajstić information content (AvgIpc) is 2.68. The lowest BCUT2D eigenvalue weighted by molar-refractivity contribution is 1.02. The Morgan fingerprint density at radius 1 is 1.17 bits per heavy atom. The predicted molar refractivity (Wildman–Crippen MR) is 85.8 cm³/mol. The zero-order valence-electron chi connectivity index (χ0n) is 8.95. The summed E-state index contributed by atoms with van der Waals surface area (Å²) in [7, 11) is 0. The van der Waals surface area contributed by atoms with Gasteiger partial charge in [-0.05, 0) is 66.0 Å². The van der Waals surface area contributed by atoms with E-state index < -0.39 is 0 Å². The first-order chi connectivity index (χ1) is 8.61. The standard InChI is InChI=1S/C12H7Br3N2S/c13-7-3-1-2-4-9(7)17-10(6-16)11-5-8(14)12(15)18-11/h1-5,10,17H. The molecule has 0 spiro atoms. The fourth-order valence-corrected chi connectivity index (χ4v) is 3.89. The summed E-state index contributed by atoms with van der Waals surface area (Å²) >= 11 is 11.9. The van der Waals surface area contributed by atoms with Gasteiger partial charge in [-0.25, -0.2) is 0 Å².